The van der Waals surface area contributed by atoms with Gasteiger partial charge in [0.15, 0.2) is 5.58 Å². The lowest BCUT2D eigenvalue weighted by Gasteiger charge is -2.09. The molecule has 4 nitrogen and oxygen atoms in total. The summed E-state index contributed by atoms with van der Waals surface area (Å²) in [7, 11) is 0. The van der Waals surface area contributed by atoms with Crippen molar-refractivity contribution in [1.29, 1.82) is 0 Å². The molecule has 0 bridgehead atoms. The number of nitrogens with one attached hydrogen (secondary N) is 1. The maximum atomic E-state index is 12.6. The van der Waals surface area contributed by atoms with Crippen LogP contribution in [0.15, 0.2) is 65.1 Å². The molecule has 0 radical (unpaired) electrons. The molecule has 0 fully saturated rings. The predicted molar refractivity (Wildman–Crippen MR) is 122 cm³/mol. The number of aryl methyl sites for hydroxylation is 1. The Hall–Kier alpha value is -3.11. The Morgan fingerprint density at radius 3 is 2.73 bits per heavy atom. The van der Waals surface area contributed by atoms with Crippen LogP contribution in [0.2, 0.25) is 5.02 Å². The van der Waals surface area contributed by atoms with Crippen LogP contribution < -0.4 is 5.32 Å². The molecule has 1 N–H and O–H groups in total. The van der Waals surface area contributed by atoms with Gasteiger partial charge in [0.1, 0.15) is 5.52 Å². The van der Waals surface area contributed by atoms with Crippen LogP contribution in [0.1, 0.15) is 47.7 Å². The SMILES string of the molecule is CC[C@H](C)c1ccc2oc(-c3ccc(Cl)c(NC(=O)c4cccc(C)c4)c3)nc2c1. The highest BCUT2D eigenvalue weighted by atomic mass is 35.5. The second kappa shape index (κ2) is 8.33. The van der Waals surface area contributed by atoms with E-state index in [0.29, 0.717) is 28.1 Å². The number of hydrogen-bond acceptors (Lipinski definition) is 3. The van der Waals surface area contributed by atoms with Crippen molar-refractivity contribution in [3.63, 3.8) is 0 Å². The number of amides is 1. The number of anilines is 1. The third-order valence-corrected chi connectivity index (χ3v) is 5.66. The molecular weight excluding hydrogens is 396 g/mol. The molecule has 5 heteroatoms. The number of carbonyl (C=O) groups is 1. The average molecular weight is 419 g/mol. The van der Waals surface area contributed by atoms with Gasteiger partial charge in [0.05, 0.1) is 10.7 Å². The smallest absolute Gasteiger partial charge is 0.255 e. The maximum Gasteiger partial charge on any atom is 0.255 e. The maximum absolute atomic E-state index is 12.6. The molecule has 1 amide bonds. The first-order valence-electron chi connectivity index (χ1n) is 10.0. The highest BCUT2D eigenvalue weighted by Crippen LogP contribution is 2.32. The second-order valence-corrected chi connectivity index (χ2v) is 7.98. The molecule has 0 aliphatic heterocycles. The molecule has 1 aromatic heterocycles. The summed E-state index contributed by atoms with van der Waals surface area (Å²) in [6.45, 7) is 6.32. The summed E-state index contributed by atoms with van der Waals surface area (Å²) in [5, 5.41) is 3.34. The van der Waals surface area contributed by atoms with Gasteiger partial charge in [-0.25, -0.2) is 4.98 Å². The Morgan fingerprint density at radius 1 is 1.13 bits per heavy atom. The summed E-state index contributed by atoms with van der Waals surface area (Å²) in [6.07, 6.45) is 1.07. The van der Waals surface area contributed by atoms with Crippen molar-refractivity contribution < 1.29 is 9.21 Å². The number of oxazole rings is 1. The van der Waals surface area contributed by atoms with E-state index in [4.69, 9.17) is 16.0 Å². The highest BCUT2D eigenvalue weighted by Gasteiger charge is 2.14. The van der Waals surface area contributed by atoms with E-state index in [1.54, 1.807) is 18.2 Å². The zero-order chi connectivity index (χ0) is 21.3. The van der Waals surface area contributed by atoms with E-state index in [1.807, 2.05) is 37.3 Å². The van der Waals surface area contributed by atoms with Crippen LogP contribution in [0, 0.1) is 6.92 Å². The highest BCUT2D eigenvalue weighted by molar-refractivity contribution is 6.34. The van der Waals surface area contributed by atoms with Crippen molar-refractivity contribution in [2.24, 2.45) is 0 Å². The fourth-order valence-corrected chi connectivity index (χ4v) is 3.51. The van der Waals surface area contributed by atoms with Crippen LogP contribution in [-0.4, -0.2) is 10.9 Å². The molecule has 0 aliphatic rings. The van der Waals surface area contributed by atoms with Gasteiger partial charge in [-0.05, 0) is 67.3 Å². The van der Waals surface area contributed by atoms with Crippen molar-refractivity contribution >= 4 is 34.3 Å². The molecule has 4 aromatic rings. The fraction of sp³-hybridized carbons (Fsp3) is 0.200. The molecule has 0 unspecified atom stereocenters. The minimum Gasteiger partial charge on any atom is -0.436 e. The molecule has 152 valence electrons. The molecule has 4 rings (SSSR count). The van der Waals surface area contributed by atoms with Gasteiger partial charge in [-0.15, -0.1) is 0 Å². The van der Waals surface area contributed by atoms with Crippen LogP contribution in [0.25, 0.3) is 22.6 Å². The van der Waals surface area contributed by atoms with Gasteiger partial charge in [-0.1, -0.05) is 49.2 Å². The number of hydrogen-bond donors (Lipinski definition) is 1. The van der Waals surface area contributed by atoms with Crippen LogP contribution >= 0.6 is 11.6 Å². The molecule has 0 saturated heterocycles. The van der Waals surface area contributed by atoms with Gasteiger partial charge in [0.2, 0.25) is 5.89 Å². The fourth-order valence-electron chi connectivity index (χ4n) is 3.35. The Labute approximate surface area is 180 Å². The predicted octanol–water partition coefficient (Wildman–Crippen LogP) is 7.22. The molecule has 0 spiro atoms. The van der Waals surface area contributed by atoms with Crippen LogP contribution in [-0.2, 0) is 0 Å². The third-order valence-electron chi connectivity index (χ3n) is 5.33. The summed E-state index contributed by atoms with van der Waals surface area (Å²) in [5.41, 5.74) is 5.66. The number of carbonyl (C=O) groups excluding carboxylic acids is 1. The number of aromatic nitrogens is 1. The third kappa shape index (κ3) is 4.10. The van der Waals surface area contributed by atoms with E-state index in [-0.39, 0.29) is 5.91 Å². The van der Waals surface area contributed by atoms with E-state index >= 15 is 0 Å². The summed E-state index contributed by atoms with van der Waals surface area (Å²) in [6, 6.07) is 18.9. The zero-order valence-electron chi connectivity index (χ0n) is 17.2. The van der Waals surface area contributed by atoms with E-state index in [1.165, 1.54) is 5.56 Å². The number of halogens is 1. The minimum atomic E-state index is -0.214. The normalized spacial score (nSPS) is 12.1. The summed E-state index contributed by atoms with van der Waals surface area (Å²) < 4.78 is 5.96. The van der Waals surface area contributed by atoms with Gasteiger partial charge in [-0.2, -0.15) is 0 Å². The first-order chi connectivity index (χ1) is 14.4. The molecule has 30 heavy (non-hydrogen) atoms. The van der Waals surface area contributed by atoms with Crippen LogP contribution in [0.5, 0.6) is 0 Å². The van der Waals surface area contributed by atoms with Crippen LogP contribution in [0.3, 0.4) is 0 Å². The molecule has 0 saturated carbocycles. The number of rotatable bonds is 5. The number of nitrogens with zero attached hydrogens (tertiary/aromatic N) is 1. The van der Waals surface area contributed by atoms with Gasteiger partial charge in [0.25, 0.3) is 5.91 Å². The molecule has 0 aliphatic carbocycles. The molecule has 3 aromatic carbocycles. The standard InChI is InChI=1S/C25H23ClN2O2/c1-4-16(3)17-9-11-23-22(13-17)28-25(30-23)19-8-10-20(26)21(14-19)27-24(29)18-7-5-6-15(2)12-18/h5-14,16H,4H2,1-3H3,(H,27,29)/t16-/m0/s1. The lowest BCUT2D eigenvalue weighted by molar-refractivity contribution is 0.102. The minimum absolute atomic E-state index is 0.214. The molecule has 1 heterocycles. The van der Waals surface area contributed by atoms with Crippen molar-refractivity contribution in [2.45, 2.75) is 33.1 Å². The first kappa shape index (κ1) is 20.2. The monoisotopic (exact) mass is 418 g/mol. The topological polar surface area (TPSA) is 55.1 Å². The average Bonchev–Trinajstić information content (AvgIpc) is 3.18. The van der Waals surface area contributed by atoms with Gasteiger partial charge >= 0.3 is 0 Å². The van der Waals surface area contributed by atoms with Crippen molar-refractivity contribution in [3.8, 4) is 11.5 Å². The van der Waals surface area contributed by atoms with Crippen LogP contribution in [0.4, 0.5) is 5.69 Å². The molecular formula is C25H23ClN2O2. The van der Waals surface area contributed by atoms with Gasteiger partial charge in [0, 0.05) is 11.1 Å². The second-order valence-electron chi connectivity index (χ2n) is 7.57. The lowest BCUT2D eigenvalue weighted by Crippen LogP contribution is -2.12. The van der Waals surface area contributed by atoms with E-state index in [9.17, 15) is 4.79 Å². The largest absolute Gasteiger partial charge is 0.436 e. The quantitative estimate of drug-likeness (QED) is 0.372. The zero-order valence-corrected chi connectivity index (χ0v) is 18.0. The van der Waals surface area contributed by atoms with E-state index in [2.05, 4.69) is 36.3 Å². The summed E-state index contributed by atoms with van der Waals surface area (Å²) in [4.78, 5) is 17.3. The molecule has 1 atom stereocenters. The Bertz CT molecular complexity index is 1230. The Kier molecular flexibility index (Phi) is 5.60. The Morgan fingerprint density at radius 2 is 1.97 bits per heavy atom. The first-order valence-corrected chi connectivity index (χ1v) is 10.4. The summed E-state index contributed by atoms with van der Waals surface area (Å²) >= 11 is 6.33. The van der Waals surface area contributed by atoms with E-state index in [0.717, 1.165) is 28.6 Å². The number of benzene rings is 3. The van der Waals surface area contributed by atoms with E-state index < -0.39 is 0 Å². The number of fused-ring (bicyclic) bond motifs is 1. The van der Waals surface area contributed by atoms with Crippen molar-refractivity contribution in [2.75, 3.05) is 5.32 Å². The van der Waals surface area contributed by atoms with Crippen molar-refractivity contribution in [3.05, 3.63) is 82.4 Å². The lowest BCUT2D eigenvalue weighted by atomic mass is 9.98. The van der Waals surface area contributed by atoms with Gasteiger partial charge < -0.3 is 9.73 Å². The van der Waals surface area contributed by atoms with Crippen molar-refractivity contribution in [1.82, 2.24) is 4.98 Å². The van der Waals surface area contributed by atoms with Gasteiger partial charge in [-0.3, -0.25) is 4.79 Å². The Balaban J connectivity index is 1.65. The summed E-state index contributed by atoms with van der Waals surface area (Å²) in [5.74, 6) is 0.746.